The van der Waals surface area contributed by atoms with E-state index >= 15 is 0 Å². The quantitative estimate of drug-likeness (QED) is 0.402. The summed E-state index contributed by atoms with van der Waals surface area (Å²) >= 11 is 3.49. The Labute approximate surface area is 178 Å². The van der Waals surface area contributed by atoms with Crippen LogP contribution in [-0.2, 0) is 10.7 Å². The van der Waals surface area contributed by atoms with Gasteiger partial charge in [0.15, 0.2) is 16.4 Å². The molecule has 0 amide bonds. The second kappa shape index (κ2) is 8.68. The first kappa shape index (κ1) is 20.1. The van der Waals surface area contributed by atoms with Crippen LogP contribution < -0.4 is 10.6 Å². The highest BCUT2D eigenvalue weighted by atomic mass is 79.9. The van der Waals surface area contributed by atoms with Crippen LogP contribution in [0.2, 0.25) is 0 Å². The van der Waals surface area contributed by atoms with Gasteiger partial charge in [-0.15, -0.1) is 0 Å². The molecule has 8 nitrogen and oxygen atoms in total. The van der Waals surface area contributed by atoms with E-state index in [4.69, 9.17) is 0 Å². The van der Waals surface area contributed by atoms with Crippen molar-refractivity contribution in [1.29, 1.82) is 0 Å². The Bertz CT molecular complexity index is 1080. The van der Waals surface area contributed by atoms with Gasteiger partial charge in [0.1, 0.15) is 11.6 Å². The number of hydrogen-bond donors (Lipinski definition) is 4. The van der Waals surface area contributed by atoms with Gasteiger partial charge in [-0.2, -0.15) is 9.61 Å². The van der Waals surface area contributed by atoms with Gasteiger partial charge < -0.3 is 15.7 Å². The summed E-state index contributed by atoms with van der Waals surface area (Å²) in [6, 6.07) is 8.57. The minimum Gasteiger partial charge on any atom is -0.396 e. The number of aliphatic hydroxyl groups is 1. The average Bonchev–Trinajstić information content (AvgIpc) is 3.10. The molecule has 1 saturated carbocycles. The van der Waals surface area contributed by atoms with Crippen molar-refractivity contribution >= 4 is 49.6 Å². The van der Waals surface area contributed by atoms with Crippen LogP contribution >= 0.6 is 15.9 Å². The number of anilines is 3. The summed E-state index contributed by atoms with van der Waals surface area (Å²) < 4.78 is 24.6. The summed E-state index contributed by atoms with van der Waals surface area (Å²) in [6.07, 6.45) is 5.95. The molecule has 10 heteroatoms. The normalized spacial score (nSPS) is 19.6. The Hall–Kier alpha value is -2.17. The fourth-order valence-corrected chi connectivity index (χ4v) is 4.46. The van der Waals surface area contributed by atoms with Crippen molar-refractivity contribution in [2.45, 2.75) is 36.6 Å². The molecule has 1 aliphatic carbocycles. The molecule has 4 rings (SSSR count). The van der Waals surface area contributed by atoms with Crippen molar-refractivity contribution in [1.82, 2.24) is 14.6 Å². The Morgan fingerprint density at radius 2 is 1.97 bits per heavy atom. The van der Waals surface area contributed by atoms with Gasteiger partial charge in [0, 0.05) is 30.3 Å². The van der Waals surface area contributed by atoms with Gasteiger partial charge in [-0.3, -0.25) is 0 Å². The molecule has 0 radical (unpaired) electrons. The molecule has 1 aromatic carbocycles. The standard InChI is InChI=1S/C19H22BrN5O3S/c20-15-10-21-25-18(22-13-5-7-14(8-6-13)29(27)28)9-17(24-19(15)25)23-16-4-2-1-3-12(16)11-26/h5-10,12,16,22,26,29H,1-4,11H2,(H,23,24)/t12-,16+/m0/s1. The number of thiol groups is 1. The van der Waals surface area contributed by atoms with Gasteiger partial charge in [0.2, 0.25) is 0 Å². The molecule has 1 fully saturated rings. The van der Waals surface area contributed by atoms with E-state index in [0.717, 1.165) is 35.8 Å². The Morgan fingerprint density at radius 1 is 1.21 bits per heavy atom. The molecule has 3 N–H and O–H groups in total. The second-order valence-corrected chi connectivity index (χ2v) is 9.05. The number of benzene rings is 1. The lowest BCUT2D eigenvalue weighted by atomic mass is 9.85. The molecule has 29 heavy (non-hydrogen) atoms. The Balaban J connectivity index is 1.65. The maximum absolute atomic E-state index is 11.1. The maximum Gasteiger partial charge on any atom is 0.173 e. The highest BCUT2D eigenvalue weighted by Crippen LogP contribution is 2.29. The zero-order chi connectivity index (χ0) is 20.4. The zero-order valence-electron chi connectivity index (χ0n) is 15.6. The van der Waals surface area contributed by atoms with E-state index in [-0.39, 0.29) is 23.5 Å². The molecule has 2 atom stereocenters. The van der Waals surface area contributed by atoms with Gasteiger partial charge in [0.05, 0.1) is 15.6 Å². The fourth-order valence-electron chi connectivity index (χ4n) is 3.72. The predicted octanol–water partition coefficient (Wildman–Crippen LogP) is 3.17. The van der Waals surface area contributed by atoms with Crippen molar-refractivity contribution in [3.8, 4) is 0 Å². The molecule has 1 aliphatic rings. The molecule has 154 valence electrons. The topological polar surface area (TPSA) is 109 Å². The summed E-state index contributed by atoms with van der Waals surface area (Å²) in [4.78, 5) is 4.94. The molecule has 0 bridgehead atoms. The van der Waals surface area contributed by atoms with E-state index in [1.54, 1.807) is 35.0 Å². The highest BCUT2D eigenvalue weighted by molar-refractivity contribution is 9.10. The number of aromatic nitrogens is 3. The van der Waals surface area contributed by atoms with Crippen LogP contribution in [-0.4, -0.2) is 40.8 Å². The number of aliphatic hydroxyl groups excluding tert-OH is 1. The number of halogens is 1. The average molecular weight is 480 g/mol. The van der Waals surface area contributed by atoms with Crippen molar-refractivity contribution in [3.63, 3.8) is 0 Å². The van der Waals surface area contributed by atoms with Crippen LogP contribution in [0.25, 0.3) is 5.65 Å². The lowest BCUT2D eigenvalue weighted by Gasteiger charge is -2.31. The first-order chi connectivity index (χ1) is 14.0. The SMILES string of the molecule is O=[SH](=O)c1ccc(Nc2cc(N[C@@H]3CCCC[C@H]3CO)nc3c(Br)cnn23)cc1. The van der Waals surface area contributed by atoms with Gasteiger partial charge >= 0.3 is 0 Å². The summed E-state index contributed by atoms with van der Waals surface area (Å²) in [7, 11) is -2.61. The molecule has 0 saturated heterocycles. The molecular formula is C19H22BrN5O3S. The maximum atomic E-state index is 11.1. The molecule has 2 heterocycles. The predicted molar refractivity (Wildman–Crippen MR) is 115 cm³/mol. The van der Waals surface area contributed by atoms with E-state index in [0.29, 0.717) is 17.3 Å². The minimum absolute atomic E-state index is 0.162. The summed E-state index contributed by atoms with van der Waals surface area (Å²) in [5.41, 5.74) is 1.40. The number of rotatable bonds is 6. The number of nitrogens with zero attached hydrogens (tertiary/aromatic N) is 3. The van der Waals surface area contributed by atoms with Gasteiger partial charge in [-0.1, -0.05) is 12.8 Å². The molecular weight excluding hydrogens is 458 g/mol. The third-order valence-corrected chi connectivity index (χ3v) is 6.54. The smallest absolute Gasteiger partial charge is 0.173 e. The van der Waals surface area contributed by atoms with Crippen molar-refractivity contribution in [2.75, 3.05) is 17.2 Å². The van der Waals surface area contributed by atoms with Gasteiger partial charge in [-0.25, -0.2) is 13.4 Å². The van der Waals surface area contributed by atoms with Crippen LogP contribution in [0.4, 0.5) is 17.3 Å². The van der Waals surface area contributed by atoms with Crippen LogP contribution in [0, 0.1) is 5.92 Å². The van der Waals surface area contributed by atoms with E-state index in [9.17, 15) is 13.5 Å². The first-order valence-corrected chi connectivity index (χ1v) is 11.5. The fraction of sp³-hybridized carbons (Fsp3) is 0.368. The summed E-state index contributed by atoms with van der Waals surface area (Å²) in [5.74, 6) is 1.61. The van der Waals surface area contributed by atoms with Gasteiger partial charge in [0.25, 0.3) is 0 Å². The number of nitrogens with one attached hydrogen (secondary N) is 2. The zero-order valence-corrected chi connectivity index (χ0v) is 18.1. The van der Waals surface area contributed by atoms with E-state index in [1.807, 2.05) is 6.07 Å². The second-order valence-electron chi connectivity index (χ2n) is 7.16. The van der Waals surface area contributed by atoms with Crippen LogP contribution in [0.3, 0.4) is 0 Å². The third-order valence-electron chi connectivity index (χ3n) is 5.26. The highest BCUT2D eigenvalue weighted by Gasteiger charge is 2.25. The lowest BCUT2D eigenvalue weighted by molar-refractivity contribution is 0.178. The Morgan fingerprint density at radius 3 is 2.69 bits per heavy atom. The van der Waals surface area contributed by atoms with Crippen LogP contribution in [0.5, 0.6) is 0 Å². The molecule has 0 unspecified atom stereocenters. The van der Waals surface area contributed by atoms with Gasteiger partial charge in [-0.05, 0) is 53.0 Å². The van der Waals surface area contributed by atoms with E-state index in [2.05, 4.69) is 36.6 Å². The summed E-state index contributed by atoms with van der Waals surface area (Å²) in [6.45, 7) is 0.162. The van der Waals surface area contributed by atoms with Crippen molar-refractivity contribution in [2.24, 2.45) is 5.92 Å². The first-order valence-electron chi connectivity index (χ1n) is 9.48. The summed E-state index contributed by atoms with van der Waals surface area (Å²) in [5, 5.41) is 20.8. The van der Waals surface area contributed by atoms with Crippen LogP contribution in [0.1, 0.15) is 25.7 Å². The van der Waals surface area contributed by atoms with E-state index in [1.165, 1.54) is 0 Å². The monoisotopic (exact) mass is 479 g/mol. The number of hydrogen-bond acceptors (Lipinski definition) is 7. The largest absolute Gasteiger partial charge is 0.396 e. The molecule has 2 aromatic heterocycles. The molecule has 0 aliphatic heterocycles. The Kier molecular flexibility index (Phi) is 6.02. The van der Waals surface area contributed by atoms with Crippen molar-refractivity contribution < 1.29 is 13.5 Å². The van der Waals surface area contributed by atoms with Crippen LogP contribution in [0.15, 0.2) is 45.9 Å². The third kappa shape index (κ3) is 4.39. The molecule has 3 aromatic rings. The molecule has 0 spiro atoms. The van der Waals surface area contributed by atoms with E-state index < -0.39 is 10.7 Å². The van der Waals surface area contributed by atoms with Crippen molar-refractivity contribution in [3.05, 3.63) is 41.0 Å². The minimum atomic E-state index is -2.61. The lowest BCUT2D eigenvalue weighted by Crippen LogP contribution is -2.34. The number of fused-ring (bicyclic) bond motifs is 1.